The van der Waals surface area contributed by atoms with Gasteiger partial charge in [0.05, 0.1) is 16.6 Å². The molecule has 0 fully saturated rings. The van der Waals surface area contributed by atoms with E-state index in [-0.39, 0.29) is 16.8 Å². The summed E-state index contributed by atoms with van der Waals surface area (Å²) in [4.78, 5) is 11.5. The third kappa shape index (κ3) is 1.80. The SMILES string of the molecule is CCOC(=O)c1n[nH]c2cc(F)c(Br)cc12. The van der Waals surface area contributed by atoms with Crippen molar-refractivity contribution in [3.8, 4) is 0 Å². The lowest BCUT2D eigenvalue weighted by molar-refractivity contribution is 0.0521. The van der Waals surface area contributed by atoms with Crippen LogP contribution in [-0.2, 0) is 4.74 Å². The molecular weight excluding hydrogens is 279 g/mol. The quantitative estimate of drug-likeness (QED) is 0.864. The topological polar surface area (TPSA) is 55.0 Å². The largest absolute Gasteiger partial charge is 0.461 e. The van der Waals surface area contributed by atoms with Gasteiger partial charge in [0.1, 0.15) is 5.82 Å². The zero-order valence-electron chi connectivity index (χ0n) is 8.38. The van der Waals surface area contributed by atoms with Crippen molar-refractivity contribution in [3.05, 3.63) is 28.1 Å². The number of rotatable bonds is 2. The summed E-state index contributed by atoms with van der Waals surface area (Å²) in [6.45, 7) is 1.98. The number of nitrogens with zero attached hydrogens (tertiary/aromatic N) is 1. The lowest BCUT2D eigenvalue weighted by Crippen LogP contribution is -2.05. The molecule has 0 aliphatic carbocycles. The Bertz CT molecular complexity index is 553. The predicted octanol–water partition coefficient (Wildman–Crippen LogP) is 2.64. The van der Waals surface area contributed by atoms with Gasteiger partial charge in [-0.1, -0.05) is 0 Å². The Labute approximate surface area is 98.9 Å². The third-order valence-corrected chi connectivity index (χ3v) is 2.68. The molecule has 0 bridgehead atoms. The number of hydrogen-bond acceptors (Lipinski definition) is 3. The Hall–Kier alpha value is -1.43. The number of hydrogen-bond donors (Lipinski definition) is 1. The van der Waals surface area contributed by atoms with Gasteiger partial charge in [-0.15, -0.1) is 0 Å². The average Bonchev–Trinajstić information content (AvgIpc) is 2.62. The van der Waals surface area contributed by atoms with Crippen LogP contribution in [-0.4, -0.2) is 22.8 Å². The summed E-state index contributed by atoms with van der Waals surface area (Å²) in [6, 6.07) is 2.77. The van der Waals surface area contributed by atoms with Crippen molar-refractivity contribution < 1.29 is 13.9 Å². The van der Waals surface area contributed by atoms with Crippen molar-refractivity contribution in [1.29, 1.82) is 0 Å². The van der Waals surface area contributed by atoms with Crippen LogP contribution in [0.1, 0.15) is 17.4 Å². The first kappa shape index (κ1) is 11.1. The molecule has 0 aliphatic rings. The molecule has 0 spiro atoms. The number of H-pyrrole nitrogens is 1. The number of halogens is 2. The predicted molar refractivity (Wildman–Crippen MR) is 59.7 cm³/mol. The van der Waals surface area contributed by atoms with E-state index in [1.165, 1.54) is 12.1 Å². The smallest absolute Gasteiger partial charge is 0.359 e. The summed E-state index contributed by atoms with van der Waals surface area (Å²) in [6.07, 6.45) is 0. The van der Waals surface area contributed by atoms with Crippen LogP contribution in [0.4, 0.5) is 4.39 Å². The highest BCUT2D eigenvalue weighted by Crippen LogP contribution is 2.24. The summed E-state index contributed by atoms with van der Waals surface area (Å²) < 4.78 is 18.3. The Morgan fingerprint density at radius 1 is 1.62 bits per heavy atom. The highest BCUT2D eigenvalue weighted by molar-refractivity contribution is 9.10. The second-order valence-corrected chi connectivity index (χ2v) is 3.96. The molecule has 0 atom stereocenters. The number of fused-ring (bicyclic) bond motifs is 1. The molecule has 1 heterocycles. The first-order valence-corrected chi connectivity index (χ1v) is 5.43. The Balaban J connectivity index is 2.56. The number of benzene rings is 1. The molecule has 6 heteroatoms. The maximum absolute atomic E-state index is 13.2. The van der Waals surface area contributed by atoms with E-state index < -0.39 is 11.8 Å². The highest BCUT2D eigenvalue weighted by atomic mass is 79.9. The average molecular weight is 287 g/mol. The zero-order chi connectivity index (χ0) is 11.7. The van der Waals surface area contributed by atoms with E-state index >= 15 is 0 Å². The van der Waals surface area contributed by atoms with E-state index in [0.717, 1.165) is 0 Å². The molecule has 0 amide bonds. The Morgan fingerprint density at radius 3 is 3.06 bits per heavy atom. The second kappa shape index (κ2) is 4.21. The van der Waals surface area contributed by atoms with Crippen LogP contribution < -0.4 is 0 Å². The molecule has 2 rings (SSSR count). The minimum absolute atomic E-state index is 0.164. The number of carbonyl (C=O) groups is 1. The Kier molecular flexibility index (Phi) is 2.91. The van der Waals surface area contributed by atoms with Crippen LogP contribution in [0.3, 0.4) is 0 Å². The van der Waals surface area contributed by atoms with Crippen molar-refractivity contribution >= 4 is 32.8 Å². The van der Waals surface area contributed by atoms with Crippen molar-refractivity contribution in [1.82, 2.24) is 10.2 Å². The molecule has 4 nitrogen and oxygen atoms in total. The molecule has 1 aromatic carbocycles. The first-order valence-electron chi connectivity index (χ1n) is 4.63. The lowest BCUT2D eigenvalue weighted by atomic mass is 10.2. The second-order valence-electron chi connectivity index (χ2n) is 3.10. The van der Waals surface area contributed by atoms with E-state index in [4.69, 9.17) is 4.74 Å². The molecule has 1 N–H and O–H groups in total. The number of nitrogens with one attached hydrogen (secondary N) is 1. The highest BCUT2D eigenvalue weighted by Gasteiger charge is 2.16. The third-order valence-electron chi connectivity index (χ3n) is 2.07. The van der Waals surface area contributed by atoms with E-state index in [1.54, 1.807) is 6.92 Å². The molecule has 1 aromatic heterocycles. The van der Waals surface area contributed by atoms with Gasteiger partial charge in [0.25, 0.3) is 0 Å². The van der Waals surface area contributed by atoms with E-state index in [2.05, 4.69) is 26.1 Å². The number of aromatic amines is 1. The van der Waals surface area contributed by atoms with Crippen LogP contribution in [0.15, 0.2) is 16.6 Å². The van der Waals surface area contributed by atoms with Crippen LogP contribution in [0.5, 0.6) is 0 Å². The van der Waals surface area contributed by atoms with Crippen molar-refractivity contribution in [2.45, 2.75) is 6.92 Å². The monoisotopic (exact) mass is 286 g/mol. The van der Waals surface area contributed by atoms with Gasteiger partial charge in [-0.25, -0.2) is 9.18 Å². The molecule has 0 unspecified atom stereocenters. The molecule has 0 radical (unpaired) electrons. The lowest BCUT2D eigenvalue weighted by Gasteiger charge is -1.98. The van der Waals surface area contributed by atoms with E-state index in [0.29, 0.717) is 10.9 Å². The van der Waals surface area contributed by atoms with Crippen LogP contribution >= 0.6 is 15.9 Å². The molecule has 0 aliphatic heterocycles. The summed E-state index contributed by atoms with van der Waals surface area (Å²) in [5.41, 5.74) is 0.626. The fourth-order valence-electron chi connectivity index (χ4n) is 1.37. The molecular formula is C10H8BrFN2O2. The summed E-state index contributed by atoms with van der Waals surface area (Å²) in [5, 5.41) is 6.93. The number of aromatic nitrogens is 2. The molecule has 2 aromatic rings. The van der Waals surface area contributed by atoms with Gasteiger partial charge in [0, 0.05) is 11.5 Å². The minimum atomic E-state index is -0.521. The van der Waals surface area contributed by atoms with Crippen molar-refractivity contribution in [3.63, 3.8) is 0 Å². The van der Waals surface area contributed by atoms with Crippen molar-refractivity contribution in [2.75, 3.05) is 6.61 Å². The van der Waals surface area contributed by atoms with Gasteiger partial charge >= 0.3 is 5.97 Å². The van der Waals surface area contributed by atoms with Crippen LogP contribution in [0, 0.1) is 5.82 Å². The van der Waals surface area contributed by atoms with Gasteiger partial charge in [-0.2, -0.15) is 5.10 Å². The van der Waals surface area contributed by atoms with E-state index in [1.807, 2.05) is 0 Å². The fourth-order valence-corrected chi connectivity index (χ4v) is 1.71. The van der Waals surface area contributed by atoms with Crippen LogP contribution in [0.25, 0.3) is 10.9 Å². The number of esters is 1. The molecule has 16 heavy (non-hydrogen) atoms. The molecule has 0 saturated carbocycles. The number of ether oxygens (including phenoxy) is 1. The first-order chi connectivity index (χ1) is 7.63. The summed E-state index contributed by atoms with van der Waals surface area (Å²) in [7, 11) is 0. The van der Waals surface area contributed by atoms with Gasteiger partial charge in [0.2, 0.25) is 0 Å². The van der Waals surface area contributed by atoms with Gasteiger partial charge in [-0.05, 0) is 28.9 Å². The number of carbonyl (C=O) groups excluding carboxylic acids is 1. The zero-order valence-corrected chi connectivity index (χ0v) is 9.97. The van der Waals surface area contributed by atoms with Gasteiger partial charge in [0.15, 0.2) is 5.69 Å². The summed E-state index contributed by atoms with van der Waals surface area (Å²) >= 11 is 3.05. The van der Waals surface area contributed by atoms with Gasteiger partial charge in [-0.3, -0.25) is 5.10 Å². The van der Waals surface area contributed by atoms with Gasteiger partial charge < -0.3 is 4.74 Å². The molecule has 84 valence electrons. The normalized spacial score (nSPS) is 10.7. The minimum Gasteiger partial charge on any atom is -0.461 e. The standard InChI is InChI=1S/C10H8BrFN2O2/c1-2-16-10(15)9-5-3-6(11)7(12)4-8(5)13-14-9/h3-4H,2H2,1H3,(H,13,14). The molecule has 0 saturated heterocycles. The van der Waals surface area contributed by atoms with E-state index in [9.17, 15) is 9.18 Å². The van der Waals surface area contributed by atoms with Crippen LogP contribution in [0.2, 0.25) is 0 Å². The maximum Gasteiger partial charge on any atom is 0.359 e. The summed E-state index contributed by atoms with van der Waals surface area (Å²) in [5.74, 6) is -0.932. The maximum atomic E-state index is 13.2. The van der Waals surface area contributed by atoms with Crippen molar-refractivity contribution in [2.24, 2.45) is 0 Å². The Morgan fingerprint density at radius 2 is 2.38 bits per heavy atom. The fraction of sp³-hybridized carbons (Fsp3) is 0.200.